The van der Waals surface area contributed by atoms with Crippen LogP contribution in [-0.2, 0) is 20.7 Å². The minimum absolute atomic E-state index is 0.0294. The van der Waals surface area contributed by atoms with Crippen LogP contribution in [0.5, 0.6) is 0 Å². The third kappa shape index (κ3) is 5.51. The van der Waals surface area contributed by atoms with Gasteiger partial charge in [0.05, 0.1) is 0 Å². The van der Waals surface area contributed by atoms with Crippen molar-refractivity contribution in [2.45, 2.75) is 32.8 Å². The number of hydrogen-bond acceptors (Lipinski definition) is 4. The van der Waals surface area contributed by atoms with E-state index in [4.69, 9.17) is 4.74 Å². The molecule has 0 spiro atoms. The summed E-state index contributed by atoms with van der Waals surface area (Å²) < 4.78 is 18.6. The molecule has 1 amide bonds. The summed E-state index contributed by atoms with van der Waals surface area (Å²) in [6.45, 7) is 2.88. The van der Waals surface area contributed by atoms with Crippen molar-refractivity contribution in [3.05, 3.63) is 65.5 Å². The molecule has 0 bridgehead atoms. The van der Waals surface area contributed by atoms with Crippen LogP contribution in [0.15, 0.2) is 48.5 Å². The molecule has 136 valence electrons. The number of carbonyl (C=O) groups excluding carboxylic acids is 3. The first-order valence-corrected chi connectivity index (χ1v) is 8.21. The average molecular weight is 357 g/mol. The quantitative estimate of drug-likeness (QED) is 0.608. The van der Waals surface area contributed by atoms with Crippen molar-refractivity contribution in [1.29, 1.82) is 0 Å². The number of anilines is 1. The molecule has 0 aliphatic rings. The number of halogens is 1. The average Bonchev–Trinajstić information content (AvgIpc) is 2.61. The molecule has 0 saturated carbocycles. The number of esters is 1. The van der Waals surface area contributed by atoms with E-state index in [9.17, 15) is 18.8 Å². The van der Waals surface area contributed by atoms with Gasteiger partial charge in [-0.3, -0.25) is 14.4 Å². The van der Waals surface area contributed by atoms with Crippen molar-refractivity contribution in [3.8, 4) is 0 Å². The minimum atomic E-state index is -1.01. The molecule has 26 heavy (non-hydrogen) atoms. The normalized spacial score (nSPS) is 11.5. The molecule has 2 rings (SSSR count). The molecule has 6 heteroatoms. The van der Waals surface area contributed by atoms with Crippen LogP contribution in [-0.4, -0.2) is 23.8 Å². The topological polar surface area (TPSA) is 72.5 Å². The maximum Gasteiger partial charge on any atom is 0.306 e. The lowest BCUT2D eigenvalue weighted by molar-refractivity contribution is -0.153. The van der Waals surface area contributed by atoms with E-state index in [0.717, 1.165) is 0 Å². The predicted octanol–water partition coefficient (Wildman–Crippen LogP) is 3.53. The molecular weight excluding hydrogens is 337 g/mol. The lowest BCUT2D eigenvalue weighted by Gasteiger charge is -2.14. The second kappa shape index (κ2) is 8.89. The largest absolute Gasteiger partial charge is 0.453 e. The van der Waals surface area contributed by atoms with Gasteiger partial charge in [-0.05, 0) is 44.0 Å². The first kappa shape index (κ1) is 19.3. The van der Waals surface area contributed by atoms with Crippen molar-refractivity contribution in [1.82, 2.24) is 0 Å². The standard InChI is InChI=1S/C20H20FNO4/c1-13(23)16-7-5-8-17(12-16)22-20(25)14(2)26-19(24)11-10-15-6-3-4-9-18(15)21/h3-9,12,14H,10-11H2,1-2H3,(H,22,25). The molecule has 0 fully saturated rings. The molecular formula is C20H20FNO4. The lowest BCUT2D eigenvalue weighted by atomic mass is 10.1. The molecule has 0 aliphatic carbocycles. The molecule has 0 aromatic heterocycles. The number of nitrogens with one attached hydrogen (secondary N) is 1. The van der Waals surface area contributed by atoms with E-state index in [1.54, 1.807) is 42.5 Å². The maximum atomic E-state index is 13.5. The Morgan fingerprint density at radius 3 is 2.54 bits per heavy atom. The van der Waals surface area contributed by atoms with Crippen LogP contribution in [0.1, 0.15) is 36.2 Å². The number of hydrogen-bond donors (Lipinski definition) is 1. The molecule has 1 atom stereocenters. The highest BCUT2D eigenvalue weighted by Gasteiger charge is 2.18. The van der Waals surface area contributed by atoms with E-state index in [-0.39, 0.29) is 24.4 Å². The third-order valence-electron chi connectivity index (χ3n) is 3.77. The van der Waals surface area contributed by atoms with Crippen LogP contribution in [0.3, 0.4) is 0 Å². The highest BCUT2D eigenvalue weighted by atomic mass is 19.1. The van der Waals surface area contributed by atoms with Gasteiger partial charge in [0.15, 0.2) is 11.9 Å². The molecule has 2 aromatic rings. The molecule has 1 N–H and O–H groups in total. The Bertz CT molecular complexity index is 819. The monoisotopic (exact) mass is 357 g/mol. The zero-order valence-corrected chi connectivity index (χ0v) is 14.6. The van der Waals surface area contributed by atoms with Crippen molar-refractivity contribution < 1.29 is 23.5 Å². The summed E-state index contributed by atoms with van der Waals surface area (Å²) in [4.78, 5) is 35.4. The molecule has 2 aromatic carbocycles. The Balaban J connectivity index is 1.86. The zero-order chi connectivity index (χ0) is 19.1. The summed E-state index contributed by atoms with van der Waals surface area (Å²) in [6.07, 6.45) is -0.845. The van der Waals surface area contributed by atoms with Crippen LogP contribution < -0.4 is 5.32 Å². The molecule has 1 unspecified atom stereocenters. The molecule has 0 saturated heterocycles. The van der Waals surface area contributed by atoms with Gasteiger partial charge in [-0.2, -0.15) is 0 Å². The summed E-state index contributed by atoms with van der Waals surface area (Å²) in [5.74, 6) is -1.59. The number of ether oxygens (including phenoxy) is 1. The van der Waals surface area contributed by atoms with Gasteiger partial charge in [0.1, 0.15) is 5.82 Å². The van der Waals surface area contributed by atoms with E-state index in [1.807, 2.05) is 0 Å². The minimum Gasteiger partial charge on any atom is -0.453 e. The first-order chi connectivity index (χ1) is 12.4. The van der Waals surface area contributed by atoms with Crippen molar-refractivity contribution >= 4 is 23.3 Å². The SMILES string of the molecule is CC(=O)c1cccc(NC(=O)C(C)OC(=O)CCc2ccccc2F)c1. The Morgan fingerprint density at radius 2 is 1.85 bits per heavy atom. The molecule has 0 radical (unpaired) electrons. The summed E-state index contributed by atoms with van der Waals surface area (Å²) in [5.41, 5.74) is 1.33. The van der Waals surface area contributed by atoms with E-state index in [2.05, 4.69) is 5.32 Å². The predicted molar refractivity (Wildman–Crippen MR) is 95.4 cm³/mol. The van der Waals surface area contributed by atoms with Gasteiger partial charge in [0.2, 0.25) is 0 Å². The number of carbonyl (C=O) groups is 3. The van der Waals surface area contributed by atoms with Crippen molar-refractivity contribution in [3.63, 3.8) is 0 Å². The van der Waals surface area contributed by atoms with Gasteiger partial charge in [0, 0.05) is 17.7 Å². The third-order valence-corrected chi connectivity index (χ3v) is 3.77. The Morgan fingerprint density at radius 1 is 1.12 bits per heavy atom. The van der Waals surface area contributed by atoms with Crippen LogP contribution in [0, 0.1) is 5.82 Å². The van der Waals surface area contributed by atoms with E-state index in [0.29, 0.717) is 16.8 Å². The molecule has 0 aliphatic heterocycles. The van der Waals surface area contributed by atoms with Gasteiger partial charge in [-0.15, -0.1) is 0 Å². The van der Waals surface area contributed by atoms with E-state index >= 15 is 0 Å². The summed E-state index contributed by atoms with van der Waals surface area (Å²) in [7, 11) is 0. The zero-order valence-electron chi connectivity index (χ0n) is 14.6. The Hall–Kier alpha value is -3.02. The van der Waals surface area contributed by atoms with Crippen molar-refractivity contribution in [2.24, 2.45) is 0 Å². The second-order valence-corrected chi connectivity index (χ2v) is 5.85. The van der Waals surface area contributed by atoms with Crippen LogP contribution >= 0.6 is 0 Å². The Labute approximate surface area is 151 Å². The maximum absolute atomic E-state index is 13.5. The van der Waals surface area contributed by atoms with E-state index in [1.165, 1.54) is 19.9 Å². The smallest absolute Gasteiger partial charge is 0.306 e. The fourth-order valence-electron chi connectivity index (χ4n) is 2.31. The first-order valence-electron chi connectivity index (χ1n) is 8.21. The molecule has 5 nitrogen and oxygen atoms in total. The Kier molecular flexibility index (Phi) is 6.60. The molecule has 0 heterocycles. The summed E-state index contributed by atoms with van der Waals surface area (Å²) in [5, 5.41) is 2.60. The summed E-state index contributed by atoms with van der Waals surface area (Å²) >= 11 is 0. The van der Waals surface area contributed by atoms with Gasteiger partial charge in [-0.1, -0.05) is 30.3 Å². The van der Waals surface area contributed by atoms with Gasteiger partial charge in [-0.25, -0.2) is 4.39 Å². The number of ketones is 1. The summed E-state index contributed by atoms with van der Waals surface area (Å²) in [6, 6.07) is 12.7. The van der Waals surface area contributed by atoms with Crippen LogP contribution in [0.2, 0.25) is 0 Å². The fourth-order valence-corrected chi connectivity index (χ4v) is 2.31. The lowest BCUT2D eigenvalue weighted by Crippen LogP contribution is -2.30. The van der Waals surface area contributed by atoms with Gasteiger partial charge >= 0.3 is 5.97 Å². The number of amides is 1. The number of benzene rings is 2. The van der Waals surface area contributed by atoms with Crippen molar-refractivity contribution in [2.75, 3.05) is 5.32 Å². The highest BCUT2D eigenvalue weighted by Crippen LogP contribution is 2.13. The number of Topliss-reactive ketones (excluding diaryl/α,β-unsaturated/α-hetero) is 1. The fraction of sp³-hybridized carbons (Fsp3) is 0.250. The number of aryl methyl sites for hydroxylation is 1. The van der Waals surface area contributed by atoms with E-state index < -0.39 is 18.0 Å². The van der Waals surface area contributed by atoms with Crippen LogP contribution in [0.25, 0.3) is 0 Å². The second-order valence-electron chi connectivity index (χ2n) is 5.85. The van der Waals surface area contributed by atoms with Gasteiger partial charge in [0.25, 0.3) is 5.91 Å². The van der Waals surface area contributed by atoms with Gasteiger partial charge < -0.3 is 10.1 Å². The highest BCUT2D eigenvalue weighted by molar-refractivity contribution is 5.98. The number of rotatable bonds is 7. The van der Waals surface area contributed by atoms with Crippen LogP contribution in [0.4, 0.5) is 10.1 Å².